The summed E-state index contributed by atoms with van der Waals surface area (Å²) in [5.41, 5.74) is 0. The van der Waals surface area contributed by atoms with Gasteiger partial charge in [-0.05, 0) is 13.8 Å². The molecule has 1 heterocycles. The van der Waals surface area contributed by atoms with Crippen LogP contribution in [-0.4, -0.2) is 49.1 Å². The van der Waals surface area contributed by atoms with E-state index in [0.29, 0.717) is 6.61 Å². The molecule has 7 heteroatoms. The predicted octanol–water partition coefficient (Wildman–Crippen LogP) is 1.79. The van der Waals surface area contributed by atoms with Gasteiger partial charge in [-0.25, -0.2) is 4.79 Å². The molecule has 0 spiro atoms. The fourth-order valence-electron chi connectivity index (χ4n) is 1.38. The van der Waals surface area contributed by atoms with Gasteiger partial charge in [-0.3, -0.25) is 0 Å². The summed E-state index contributed by atoms with van der Waals surface area (Å²) < 4.78 is 44.9. The van der Waals surface area contributed by atoms with Gasteiger partial charge in [0.05, 0.1) is 25.3 Å². The first-order valence-corrected chi connectivity index (χ1v) is 4.91. The Morgan fingerprint density at radius 2 is 2.12 bits per heavy atom. The van der Waals surface area contributed by atoms with Crippen LogP contribution in [0.3, 0.4) is 0 Å². The lowest BCUT2D eigenvalue weighted by atomic mass is 10.2. The second kappa shape index (κ2) is 4.90. The molecule has 0 N–H and O–H groups in total. The number of carbonyl (C=O) groups excluding carboxylic acids is 1. The van der Waals surface area contributed by atoms with Gasteiger partial charge < -0.3 is 14.4 Å². The van der Waals surface area contributed by atoms with Crippen LogP contribution in [0.1, 0.15) is 13.8 Å². The molecule has 0 aliphatic carbocycles. The van der Waals surface area contributed by atoms with Crippen LogP contribution in [0, 0.1) is 0 Å². The number of amides is 1. The van der Waals surface area contributed by atoms with Gasteiger partial charge in [0.1, 0.15) is 0 Å². The van der Waals surface area contributed by atoms with E-state index in [1.54, 1.807) is 13.8 Å². The van der Waals surface area contributed by atoms with Crippen LogP contribution in [0.5, 0.6) is 0 Å². The van der Waals surface area contributed by atoms with Gasteiger partial charge >= 0.3 is 12.3 Å². The topological polar surface area (TPSA) is 38.8 Å². The van der Waals surface area contributed by atoms with Crippen molar-refractivity contribution in [1.82, 2.24) is 4.90 Å². The monoisotopic (exact) mass is 241 g/mol. The highest BCUT2D eigenvalue weighted by Gasteiger charge is 2.33. The molecule has 1 saturated heterocycles. The number of alkyl halides is 3. The average molecular weight is 241 g/mol. The maximum Gasteiger partial charge on any atom is 0.422 e. The molecule has 1 fully saturated rings. The van der Waals surface area contributed by atoms with Gasteiger partial charge in [0.25, 0.3) is 0 Å². The molecule has 1 aliphatic rings. The molecule has 2 unspecified atom stereocenters. The van der Waals surface area contributed by atoms with Gasteiger partial charge in [0.15, 0.2) is 6.61 Å². The van der Waals surface area contributed by atoms with Crippen LogP contribution in [-0.2, 0) is 9.47 Å². The SMILES string of the molecule is CC1CN(C(=O)OCC(F)(F)F)C(C)CO1. The summed E-state index contributed by atoms with van der Waals surface area (Å²) in [4.78, 5) is 12.6. The summed E-state index contributed by atoms with van der Waals surface area (Å²) in [5.74, 6) is 0. The van der Waals surface area contributed by atoms with Crippen LogP contribution in [0.15, 0.2) is 0 Å². The minimum atomic E-state index is -4.49. The van der Waals surface area contributed by atoms with Crippen molar-refractivity contribution in [3.8, 4) is 0 Å². The molecule has 0 radical (unpaired) electrons. The highest BCUT2D eigenvalue weighted by molar-refractivity contribution is 5.68. The van der Waals surface area contributed by atoms with Crippen molar-refractivity contribution >= 4 is 6.09 Å². The molecule has 0 saturated carbocycles. The average Bonchev–Trinajstić information content (AvgIpc) is 2.17. The first kappa shape index (κ1) is 13.1. The zero-order valence-corrected chi connectivity index (χ0v) is 9.08. The number of morpholine rings is 1. The Balaban J connectivity index is 2.46. The molecular weight excluding hydrogens is 227 g/mol. The summed E-state index contributed by atoms with van der Waals surface area (Å²) >= 11 is 0. The Morgan fingerprint density at radius 1 is 1.50 bits per heavy atom. The third kappa shape index (κ3) is 3.88. The van der Waals surface area contributed by atoms with Crippen molar-refractivity contribution < 1.29 is 27.4 Å². The molecule has 4 nitrogen and oxygen atoms in total. The van der Waals surface area contributed by atoms with Crippen molar-refractivity contribution in [2.45, 2.75) is 32.2 Å². The van der Waals surface area contributed by atoms with Crippen molar-refractivity contribution in [3.63, 3.8) is 0 Å². The van der Waals surface area contributed by atoms with Crippen LogP contribution in [0.2, 0.25) is 0 Å². The number of carbonyl (C=O) groups is 1. The highest BCUT2D eigenvalue weighted by Crippen LogP contribution is 2.17. The predicted molar refractivity (Wildman–Crippen MR) is 49.0 cm³/mol. The molecule has 0 aromatic carbocycles. The first-order valence-electron chi connectivity index (χ1n) is 4.91. The van der Waals surface area contributed by atoms with E-state index in [2.05, 4.69) is 4.74 Å². The van der Waals surface area contributed by atoms with Crippen molar-refractivity contribution in [3.05, 3.63) is 0 Å². The second-order valence-corrected chi connectivity index (χ2v) is 3.82. The maximum absolute atomic E-state index is 11.8. The minimum Gasteiger partial charge on any atom is -0.440 e. The number of hydrogen-bond donors (Lipinski definition) is 0. The molecule has 16 heavy (non-hydrogen) atoms. The Hall–Kier alpha value is -0.980. The highest BCUT2D eigenvalue weighted by atomic mass is 19.4. The molecule has 0 aromatic heterocycles. The maximum atomic E-state index is 11.8. The number of halogens is 3. The lowest BCUT2D eigenvalue weighted by Crippen LogP contribution is -2.50. The minimum absolute atomic E-state index is 0.186. The van der Waals surface area contributed by atoms with Gasteiger partial charge in [0, 0.05) is 0 Å². The number of hydrogen-bond acceptors (Lipinski definition) is 3. The number of nitrogens with zero attached hydrogens (tertiary/aromatic N) is 1. The third-order valence-electron chi connectivity index (χ3n) is 2.20. The number of ether oxygens (including phenoxy) is 2. The van der Waals surface area contributed by atoms with E-state index in [4.69, 9.17) is 4.74 Å². The molecule has 0 aromatic rings. The molecule has 1 aliphatic heterocycles. The Labute approximate surface area is 91.3 Å². The van der Waals surface area contributed by atoms with Gasteiger partial charge in [-0.15, -0.1) is 0 Å². The van der Waals surface area contributed by atoms with Gasteiger partial charge in [-0.1, -0.05) is 0 Å². The summed E-state index contributed by atoms with van der Waals surface area (Å²) in [7, 11) is 0. The zero-order chi connectivity index (χ0) is 12.3. The Morgan fingerprint density at radius 3 is 2.69 bits per heavy atom. The van der Waals surface area contributed by atoms with Crippen molar-refractivity contribution in [2.24, 2.45) is 0 Å². The fraction of sp³-hybridized carbons (Fsp3) is 0.889. The lowest BCUT2D eigenvalue weighted by Gasteiger charge is -2.35. The van der Waals surface area contributed by atoms with E-state index < -0.39 is 18.9 Å². The molecule has 1 rings (SSSR count). The normalized spacial score (nSPS) is 26.7. The molecule has 94 valence electrons. The first-order chi connectivity index (χ1) is 7.29. The summed E-state index contributed by atoms with van der Waals surface area (Å²) in [6.07, 6.45) is -5.62. The zero-order valence-electron chi connectivity index (χ0n) is 9.08. The standard InChI is InChI=1S/C9H14F3NO3/c1-6-4-15-7(2)3-13(6)8(14)16-5-9(10,11)12/h6-7H,3-5H2,1-2H3. The largest absolute Gasteiger partial charge is 0.440 e. The quantitative estimate of drug-likeness (QED) is 0.702. The van der Waals surface area contributed by atoms with Crippen LogP contribution in [0.25, 0.3) is 0 Å². The Bertz CT molecular complexity index is 257. The van der Waals surface area contributed by atoms with E-state index in [-0.39, 0.29) is 18.7 Å². The molecule has 1 amide bonds. The summed E-state index contributed by atoms with van der Waals surface area (Å²) in [6, 6.07) is -0.267. The van der Waals surface area contributed by atoms with Gasteiger partial charge in [-0.2, -0.15) is 13.2 Å². The van der Waals surface area contributed by atoms with Gasteiger partial charge in [0.2, 0.25) is 0 Å². The lowest BCUT2D eigenvalue weighted by molar-refractivity contribution is -0.164. The van der Waals surface area contributed by atoms with E-state index in [1.165, 1.54) is 4.90 Å². The van der Waals surface area contributed by atoms with Crippen molar-refractivity contribution in [2.75, 3.05) is 19.8 Å². The van der Waals surface area contributed by atoms with Crippen LogP contribution < -0.4 is 0 Å². The molecular formula is C9H14F3NO3. The summed E-state index contributed by atoms with van der Waals surface area (Å²) in [6.45, 7) is 2.45. The van der Waals surface area contributed by atoms with Crippen LogP contribution >= 0.6 is 0 Å². The fourth-order valence-corrected chi connectivity index (χ4v) is 1.38. The molecule has 0 bridgehead atoms. The van der Waals surface area contributed by atoms with E-state index >= 15 is 0 Å². The Kier molecular flexibility index (Phi) is 4.01. The van der Waals surface area contributed by atoms with Crippen LogP contribution in [0.4, 0.5) is 18.0 Å². The van der Waals surface area contributed by atoms with E-state index in [9.17, 15) is 18.0 Å². The second-order valence-electron chi connectivity index (χ2n) is 3.82. The van der Waals surface area contributed by atoms with Crippen molar-refractivity contribution in [1.29, 1.82) is 0 Å². The number of rotatable bonds is 1. The third-order valence-corrected chi connectivity index (χ3v) is 2.20. The van der Waals surface area contributed by atoms with E-state index in [0.717, 1.165) is 0 Å². The summed E-state index contributed by atoms with van der Waals surface area (Å²) in [5, 5.41) is 0. The van der Waals surface area contributed by atoms with E-state index in [1.807, 2.05) is 0 Å². The molecule has 2 atom stereocenters. The smallest absolute Gasteiger partial charge is 0.422 e.